The number of carbonyl (C=O) groups is 2. The Balaban J connectivity index is 1.45. The second-order valence-electron chi connectivity index (χ2n) is 6.25. The standard InChI is InChI=1S/C22H20ClN3O3/c23-20-7-2-1-5-18(20)14-29-15-21(27)25-13-16-4-3-6-19(12-16)26-22(28)17-8-10-24-11-9-17/h1-12H,13-15H2,(H,25,27)(H,26,28). The van der Waals surface area contributed by atoms with Crippen LogP contribution in [-0.4, -0.2) is 23.4 Å². The minimum absolute atomic E-state index is 0.0658. The molecule has 7 heteroatoms. The molecule has 148 valence electrons. The Bertz CT molecular complexity index is 980. The maximum absolute atomic E-state index is 12.2. The number of ether oxygens (including phenoxy) is 1. The van der Waals surface area contributed by atoms with E-state index in [0.29, 0.717) is 22.8 Å². The van der Waals surface area contributed by atoms with Crippen LogP contribution in [0.4, 0.5) is 5.69 Å². The van der Waals surface area contributed by atoms with Gasteiger partial charge in [0.1, 0.15) is 6.61 Å². The van der Waals surface area contributed by atoms with Crippen LogP contribution in [0.15, 0.2) is 73.1 Å². The molecule has 0 fully saturated rings. The van der Waals surface area contributed by atoms with Crippen LogP contribution in [0.25, 0.3) is 0 Å². The molecule has 0 saturated carbocycles. The van der Waals surface area contributed by atoms with Crippen molar-refractivity contribution in [3.05, 3.63) is 94.8 Å². The molecule has 0 unspecified atom stereocenters. The summed E-state index contributed by atoms with van der Waals surface area (Å²) in [6.45, 7) is 0.528. The van der Waals surface area contributed by atoms with Crippen LogP contribution in [0.5, 0.6) is 0 Å². The molecule has 2 aromatic carbocycles. The Kier molecular flexibility index (Phi) is 7.33. The summed E-state index contributed by atoms with van der Waals surface area (Å²) in [6, 6.07) is 17.9. The fraction of sp³-hybridized carbons (Fsp3) is 0.136. The van der Waals surface area contributed by atoms with E-state index in [-0.39, 0.29) is 25.0 Å². The zero-order chi connectivity index (χ0) is 20.5. The van der Waals surface area contributed by atoms with Crippen molar-refractivity contribution in [3.63, 3.8) is 0 Å². The van der Waals surface area contributed by atoms with Gasteiger partial charge in [-0.05, 0) is 41.5 Å². The minimum Gasteiger partial charge on any atom is -0.367 e. The van der Waals surface area contributed by atoms with Crippen molar-refractivity contribution in [3.8, 4) is 0 Å². The van der Waals surface area contributed by atoms with Crippen molar-refractivity contribution in [1.82, 2.24) is 10.3 Å². The van der Waals surface area contributed by atoms with E-state index in [0.717, 1.165) is 11.1 Å². The molecule has 0 bridgehead atoms. The first-order chi connectivity index (χ1) is 14.1. The van der Waals surface area contributed by atoms with Gasteiger partial charge >= 0.3 is 0 Å². The van der Waals surface area contributed by atoms with E-state index < -0.39 is 0 Å². The second kappa shape index (κ2) is 10.4. The van der Waals surface area contributed by atoms with Crippen molar-refractivity contribution >= 4 is 29.1 Å². The van der Waals surface area contributed by atoms with Crippen molar-refractivity contribution in [2.45, 2.75) is 13.2 Å². The van der Waals surface area contributed by atoms with Gasteiger partial charge in [-0.3, -0.25) is 14.6 Å². The summed E-state index contributed by atoms with van der Waals surface area (Å²) in [5.41, 5.74) is 2.86. The van der Waals surface area contributed by atoms with Crippen LogP contribution < -0.4 is 10.6 Å². The van der Waals surface area contributed by atoms with Gasteiger partial charge in [0.05, 0.1) is 6.61 Å². The van der Waals surface area contributed by atoms with E-state index in [1.54, 1.807) is 36.7 Å². The van der Waals surface area contributed by atoms with E-state index in [1.165, 1.54) is 0 Å². The van der Waals surface area contributed by atoms with Crippen molar-refractivity contribution in [2.75, 3.05) is 11.9 Å². The molecule has 0 saturated heterocycles. The van der Waals surface area contributed by atoms with Crippen LogP contribution in [0.3, 0.4) is 0 Å². The average Bonchev–Trinajstić information content (AvgIpc) is 2.74. The molecule has 6 nitrogen and oxygen atoms in total. The zero-order valence-corrected chi connectivity index (χ0v) is 16.4. The first-order valence-electron chi connectivity index (χ1n) is 9.00. The highest BCUT2D eigenvalue weighted by atomic mass is 35.5. The van der Waals surface area contributed by atoms with E-state index in [2.05, 4.69) is 15.6 Å². The molecule has 0 atom stereocenters. The molecular weight excluding hydrogens is 390 g/mol. The molecule has 3 rings (SSSR count). The predicted octanol–water partition coefficient (Wildman–Crippen LogP) is 3.82. The molecule has 0 aliphatic carbocycles. The zero-order valence-electron chi connectivity index (χ0n) is 15.6. The second-order valence-corrected chi connectivity index (χ2v) is 6.66. The first-order valence-corrected chi connectivity index (χ1v) is 9.38. The third-order valence-corrected chi connectivity index (χ3v) is 4.43. The number of pyridine rings is 1. The summed E-state index contributed by atoms with van der Waals surface area (Å²) < 4.78 is 5.42. The van der Waals surface area contributed by atoms with Crippen molar-refractivity contribution in [2.24, 2.45) is 0 Å². The molecule has 0 aliphatic heterocycles. The number of aromatic nitrogens is 1. The smallest absolute Gasteiger partial charge is 0.255 e. The van der Waals surface area contributed by atoms with Crippen LogP contribution in [0.2, 0.25) is 5.02 Å². The first kappa shape index (κ1) is 20.5. The molecular formula is C22H20ClN3O3. The molecule has 1 aromatic heterocycles. The highest BCUT2D eigenvalue weighted by Crippen LogP contribution is 2.15. The molecule has 29 heavy (non-hydrogen) atoms. The average molecular weight is 410 g/mol. The van der Waals surface area contributed by atoms with Crippen molar-refractivity contribution < 1.29 is 14.3 Å². The summed E-state index contributed by atoms with van der Waals surface area (Å²) in [5, 5.41) is 6.23. The topological polar surface area (TPSA) is 80.3 Å². The van der Waals surface area contributed by atoms with Crippen LogP contribution in [0.1, 0.15) is 21.5 Å². The third kappa shape index (κ3) is 6.41. The monoisotopic (exact) mass is 409 g/mol. The van der Waals surface area contributed by atoms with Gasteiger partial charge in [-0.1, -0.05) is 41.9 Å². The summed E-state index contributed by atoms with van der Waals surface area (Å²) in [7, 11) is 0. The number of benzene rings is 2. The van der Waals surface area contributed by atoms with Crippen LogP contribution >= 0.6 is 11.6 Å². The summed E-state index contributed by atoms with van der Waals surface area (Å²) in [4.78, 5) is 28.1. The Morgan fingerprint density at radius 3 is 2.59 bits per heavy atom. The predicted molar refractivity (Wildman–Crippen MR) is 112 cm³/mol. The lowest BCUT2D eigenvalue weighted by atomic mass is 10.2. The van der Waals surface area contributed by atoms with Crippen LogP contribution in [-0.2, 0) is 22.7 Å². The van der Waals surface area contributed by atoms with Gasteiger partial charge in [-0.2, -0.15) is 0 Å². The molecule has 1 heterocycles. The van der Waals surface area contributed by atoms with E-state index in [9.17, 15) is 9.59 Å². The number of hydrogen-bond acceptors (Lipinski definition) is 4. The van der Waals surface area contributed by atoms with E-state index >= 15 is 0 Å². The molecule has 0 radical (unpaired) electrons. The van der Waals surface area contributed by atoms with Gasteiger partial charge in [0.2, 0.25) is 5.91 Å². The summed E-state index contributed by atoms with van der Waals surface area (Å²) >= 11 is 6.06. The molecule has 0 spiro atoms. The number of halogens is 1. The highest BCUT2D eigenvalue weighted by molar-refractivity contribution is 6.31. The van der Waals surface area contributed by atoms with Gasteiger partial charge in [-0.25, -0.2) is 0 Å². The minimum atomic E-state index is -0.233. The van der Waals surface area contributed by atoms with Gasteiger partial charge in [0.25, 0.3) is 5.91 Å². The van der Waals surface area contributed by atoms with E-state index in [4.69, 9.17) is 16.3 Å². The Labute approximate surface area is 173 Å². The fourth-order valence-corrected chi connectivity index (χ4v) is 2.78. The molecule has 0 aliphatic rings. The summed E-state index contributed by atoms with van der Waals surface area (Å²) in [5.74, 6) is -0.454. The van der Waals surface area contributed by atoms with Gasteiger partial charge < -0.3 is 15.4 Å². The number of hydrogen-bond donors (Lipinski definition) is 2. The number of rotatable bonds is 8. The van der Waals surface area contributed by atoms with Gasteiger partial charge in [-0.15, -0.1) is 0 Å². The lowest BCUT2D eigenvalue weighted by Crippen LogP contribution is -2.27. The fourth-order valence-electron chi connectivity index (χ4n) is 2.59. The molecule has 3 aromatic rings. The normalized spacial score (nSPS) is 10.4. The largest absolute Gasteiger partial charge is 0.367 e. The third-order valence-electron chi connectivity index (χ3n) is 4.07. The van der Waals surface area contributed by atoms with E-state index in [1.807, 2.05) is 36.4 Å². The maximum Gasteiger partial charge on any atom is 0.255 e. The number of anilines is 1. The Morgan fingerprint density at radius 1 is 1.00 bits per heavy atom. The Morgan fingerprint density at radius 2 is 1.79 bits per heavy atom. The number of carbonyl (C=O) groups excluding carboxylic acids is 2. The SMILES string of the molecule is O=C(COCc1ccccc1Cl)NCc1cccc(NC(=O)c2ccncc2)c1. The lowest BCUT2D eigenvalue weighted by molar-refractivity contribution is -0.126. The van der Waals surface area contributed by atoms with Crippen LogP contribution in [0, 0.1) is 0 Å². The Hall–Kier alpha value is -3.22. The van der Waals surface area contributed by atoms with Crippen molar-refractivity contribution in [1.29, 1.82) is 0 Å². The van der Waals surface area contributed by atoms with Gasteiger partial charge in [0, 0.05) is 35.2 Å². The molecule has 2 amide bonds. The quantitative estimate of drug-likeness (QED) is 0.592. The molecule has 2 N–H and O–H groups in total. The number of amides is 2. The van der Waals surface area contributed by atoms with Gasteiger partial charge in [0.15, 0.2) is 0 Å². The number of nitrogens with zero attached hydrogens (tertiary/aromatic N) is 1. The maximum atomic E-state index is 12.2. The summed E-state index contributed by atoms with van der Waals surface area (Å²) in [6.07, 6.45) is 3.13. The lowest BCUT2D eigenvalue weighted by Gasteiger charge is -2.09. The number of nitrogens with one attached hydrogen (secondary N) is 2. The highest BCUT2D eigenvalue weighted by Gasteiger charge is 2.07.